The molecular weight excluding hydrogens is 342 g/mol. The number of para-hydroxylation sites is 1. The predicted octanol–water partition coefficient (Wildman–Crippen LogP) is 3.25. The van der Waals surface area contributed by atoms with Gasteiger partial charge in [-0.1, -0.05) is 29.8 Å². The Morgan fingerprint density at radius 2 is 2.07 bits per heavy atom. The maximum absolute atomic E-state index is 5.93. The van der Waals surface area contributed by atoms with Gasteiger partial charge in [0, 0.05) is 24.9 Å². The monoisotopic (exact) mass is 363 g/mol. The van der Waals surface area contributed by atoms with Crippen LogP contribution in [0.3, 0.4) is 0 Å². The molecule has 0 spiro atoms. The van der Waals surface area contributed by atoms with E-state index in [1.54, 1.807) is 6.33 Å². The van der Waals surface area contributed by atoms with Crippen LogP contribution >= 0.6 is 0 Å². The van der Waals surface area contributed by atoms with Gasteiger partial charge in [0.2, 0.25) is 5.89 Å². The number of aromatic nitrogens is 4. The molecule has 3 aromatic rings. The molecule has 1 fully saturated rings. The van der Waals surface area contributed by atoms with Crippen LogP contribution < -0.4 is 9.64 Å². The van der Waals surface area contributed by atoms with Crippen molar-refractivity contribution < 1.29 is 9.26 Å². The van der Waals surface area contributed by atoms with E-state index < -0.39 is 0 Å². The summed E-state index contributed by atoms with van der Waals surface area (Å²) in [6, 6.07) is 8.11. The van der Waals surface area contributed by atoms with E-state index in [1.807, 2.05) is 25.2 Å². The summed E-state index contributed by atoms with van der Waals surface area (Å²) >= 11 is 0. The van der Waals surface area contributed by atoms with E-state index in [-0.39, 0.29) is 0 Å². The summed E-state index contributed by atoms with van der Waals surface area (Å²) in [5, 5.41) is 4.16. The van der Waals surface area contributed by atoms with Crippen molar-refractivity contribution in [1.29, 1.82) is 0 Å². The SMILES string of the molecule is CN(Cc1noc(C2CCC2)n1)c1ncnc2c1Cc1ccccc1OC2. The van der Waals surface area contributed by atoms with E-state index in [9.17, 15) is 0 Å². The topological polar surface area (TPSA) is 77.2 Å². The molecule has 1 aliphatic carbocycles. The van der Waals surface area contributed by atoms with E-state index in [2.05, 4.69) is 31.1 Å². The van der Waals surface area contributed by atoms with Gasteiger partial charge in [-0.05, 0) is 24.5 Å². The second-order valence-corrected chi connectivity index (χ2v) is 7.23. The highest BCUT2D eigenvalue weighted by atomic mass is 16.5. The van der Waals surface area contributed by atoms with E-state index in [0.717, 1.165) is 53.5 Å². The lowest BCUT2D eigenvalue weighted by molar-refractivity contribution is 0.291. The molecule has 2 aliphatic rings. The third-order valence-corrected chi connectivity index (χ3v) is 5.39. The van der Waals surface area contributed by atoms with Crippen molar-refractivity contribution in [2.75, 3.05) is 11.9 Å². The fourth-order valence-electron chi connectivity index (χ4n) is 3.64. The zero-order chi connectivity index (χ0) is 18.2. The second-order valence-electron chi connectivity index (χ2n) is 7.23. The van der Waals surface area contributed by atoms with Crippen LogP contribution in [0.15, 0.2) is 35.1 Å². The minimum absolute atomic E-state index is 0.445. The van der Waals surface area contributed by atoms with Crippen molar-refractivity contribution in [1.82, 2.24) is 20.1 Å². The zero-order valence-electron chi connectivity index (χ0n) is 15.3. The Bertz CT molecular complexity index is 967. The van der Waals surface area contributed by atoms with E-state index in [0.29, 0.717) is 24.9 Å². The molecule has 5 rings (SSSR count). The lowest BCUT2D eigenvalue weighted by atomic mass is 9.85. The maximum Gasteiger partial charge on any atom is 0.229 e. The molecule has 27 heavy (non-hydrogen) atoms. The smallest absolute Gasteiger partial charge is 0.229 e. The van der Waals surface area contributed by atoms with Gasteiger partial charge in [-0.15, -0.1) is 0 Å². The molecule has 7 heteroatoms. The third kappa shape index (κ3) is 3.03. The molecule has 0 bridgehead atoms. The van der Waals surface area contributed by atoms with Crippen LogP contribution in [0.4, 0.5) is 5.82 Å². The van der Waals surface area contributed by atoms with Gasteiger partial charge in [-0.2, -0.15) is 4.98 Å². The molecule has 0 saturated heterocycles. The van der Waals surface area contributed by atoms with Gasteiger partial charge in [0.1, 0.15) is 24.5 Å². The van der Waals surface area contributed by atoms with Crippen LogP contribution in [0.1, 0.15) is 53.7 Å². The number of hydrogen-bond donors (Lipinski definition) is 0. The van der Waals surface area contributed by atoms with Crippen LogP contribution in [0.5, 0.6) is 5.75 Å². The molecule has 0 radical (unpaired) electrons. The van der Waals surface area contributed by atoms with Gasteiger partial charge >= 0.3 is 0 Å². The molecule has 0 N–H and O–H groups in total. The fraction of sp³-hybridized carbons (Fsp3) is 0.400. The van der Waals surface area contributed by atoms with Crippen LogP contribution in [0, 0.1) is 0 Å². The quantitative estimate of drug-likeness (QED) is 0.704. The number of anilines is 1. The Balaban J connectivity index is 1.41. The molecule has 0 atom stereocenters. The number of rotatable bonds is 4. The standard InChI is InChI=1S/C20H21N5O2/c1-25(10-18-23-20(27-24-18)13-6-4-7-13)19-15-9-14-5-2-3-8-17(14)26-11-16(15)21-12-22-19/h2-3,5,8,12-13H,4,6-7,9-11H2,1H3. The minimum Gasteiger partial charge on any atom is -0.487 e. The number of benzene rings is 1. The van der Waals surface area contributed by atoms with Crippen LogP contribution in [-0.4, -0.2) is 27.2 Å². The summed E-state index contributed by atoms with van der Waals surface area (Å²) in [4.78, 5) is 15.6. The number of hydrogen-bond acceptors (Lipinski definition) is 7. The van der Waals surface area contributed by atoms with Crippen molar-refractivity contribution >= 4 is 5.82 Å². The van der Waals surface area contributed by atoms with Gasteiger partial charge in [-0.3, -0.25) is 0 Å². The van der Waals surface area contributed by atoms with Crippen LogP contribution in [-0.2, 0) is 19.6 Å². The fourth-order valence-corrected chi connectivity index (χ4v) is 3.64. The molecule has 2 aromatic heterocycles. The first-order chi connectivity index (χ1) is 13.3. The summed E-state index contributed by atoms with van der Waals surface area (Å²) in [6.45, 7) is 0.992. The Morgan fingerprint density at radius 1 is 1.19 bits per heavy atom. The van der Waals surface area contributed by atoms with Gasteiger partial charge in [-0.25, -0.2) is 9.97 Å². The van der Waals surface area contributed by atoms with Crippen LogP contribution in [0.25, 0.3) is 0 Å². The lowest BCUT2D eigenvalue weighted by Gasteiger charge is -2.21. The number of nitrogens with zero attached hydrogens (tertiary/aromatic N) is 5. The first-order valence-electron chi connectivity index (χ1n) is 9.35. The van der Waals surface area contributed by atoms with Crippen molar-refractivity contribution in [3.8, 4) is 5.75 Å². The Kier molecular flexibility index (Phi) is 3.99. The Labute approximate surface area is 157 Å². The Morgan fingerprint density at radius 3 is 2.93 bits per heavy atom. The van der Waals surface area contributed by atoms with Gasteiger partial charge in [0.25, 0.3) is 0 Å². The normalized spacial score (nSPS) is 15.9. The summed E-state index contributed by atoms with van der Waals surface area (Å²) in [6.07, 6.45) is 5.89. The largest absolute Gasteiger partial charge is 0.487 e. The average molecular weight is 363 g/mol. The second kappa shape index (κ2) is 6.64. The van der Waals surface area contributed by atoms with Gasteiger partial charge < -0.3 is 14.2 Å². The van der Waals surface area contributed by atoms with E-state index >= 15 is 0 Å². The van der Waals surface area contributed by atoms with Crippen LogP contribution in [0.2, 0.25) is 0 Å². The maximum atomic E-state index is 5.93. The third-order valence-electron chi connectivity index (χ3n) is 5.39. The van der Waals surface area contributed by atoms with Crippen molar-refractivity contribution in [3.05, 3.63) is 59.1 Å². The van der Waals surface area contributed by atoms with Crippen molar-refractivity contribution in [3.63, 3.8) is 0 Å². The Hall–Kier alpha value is -2.96. The summed E-state index contributed by atoms with van der Waals surface area (Å²) in [7, 11) is 2.00. The first-order valence-corrected chi connectivity index (χ1v) is 9.35. The molecule has 1 aromatic carbocycles. The summed E-state index contributed by atoms with van der Waals surface area (Å²) < 4.78 is 11.4. The van der Waals surface area contributed by atoms with Gasteiger partial charge in [0.05, 0.1) is 12.2 Å². The number of ether oxygens (including phenoxy) is 1. The molecule has 1 saturated carbocycles. The molecule has 7 nitrogen and oxygen atoms in total. The van der Waals surface area contributed by atoms with E-state index in [4.69, 9.17) is 9.26 Å². The molecule has 138 valence electrons. The first kappa shape index (κ1) is 16.2. The summed E-state index contributed by atoms with van der Waals surface area (Å²) in [5.41, 5.74) is 3.16. The predicted molar refractivity (Wildman–Crippen MR) is 98.6 cm³/mol. The highest BCUT2D eigenvalue weighted by Crippen LogP contribution is 2.35. The van der Waals surface area contributed by atoms with E-state index in [1.165, 1.54) is 6.42 Å². The average Bonchev–Trinajstić information content (AvgIpc) is 2.98. The minimum atomic E-state index is 0.445. The highest BCUT2D eigenvalue weighted by molar-refractivity contribution is 5.53. The lowest BCUT2D eigenvalue weighted by Crippen LogP contribution is -2.21. The number of fused-ring (bicyclic) bond motifs is 2. The molecular formula is C20H21N5O2. The van der Waals surface area contributed by atoms with Gasteiger partial charge in [0.15, 0.2) is 5.82 Å². The zero-order valence-corrected chi connectivity index (χ0v) is 15.3. The summed E-state index contributed by atoms with van der Waals surface area (Å²) in [5.74, 6) is 3.70. The van der Waals surface area contributed by atoms with Crippen molar-refractivity contribution in [2.24, 2.45) is 0 Å². The highest BCUT2D eigenvalue weighted by Gasteiger charge is 2.26. The molecule has 1 aliphatic heterocycles. The molecule has 3 heterocycles. The molecule has 0 unspecified atom stereocenters. The molecule has 0 amide bonds. The van der Waals surface area contributed by atoms with Crippen molar-refractivity contribution in [2.45, 2.75) is 44.8 Å².